The van der Waals surface area contributed by atoms with Crippen LogP contribution >= 0.6 is 0 Å². The van der Waals surface area contributed by atoms with Gasteiger partial charge in [-0.05, 0) is 37.0 Å². The van der Waals surface area contributed by atoms with Crippen molar-refractivity contribution in [2.75, 3.05) is 27.2 Å². The molecule has 1 saturated heterocycles. The molecule has 1 aromatic rings. The summed E-state index contributed by atoms with van der Waals surface area (Å²) in [6.07, 6.45) is 2.58. The van der Waals surface area contributed by atoms with Gasteiger partial charge in [-0.3, -0.25) is 24.4 Å². The second kappa shape index (κ2) is 7.35. The van der Waals surface area contributed by atoms with Crippen LogP contribution in [0.5, 0.6) is 5.75 Å². The summed E-state index contributed by atoms with van der Waals surface area (Å²) in [5.74, 6) is 0.384. The predicted molar refractivity (Wildman–Crippen MR) is 95.2 cm³/mol. The number of carbonyl (C=O) groups is 3. The number of hydrogen-bond donors (Lipinski definition) is 1. The van der Waals surface area contributed by atoms with Gasteiger partial charge in [0.05, 0.1) is 12.5 Å². The van der Waals surface area contributed by atoms with Gasteiger partial charge >= 0.3 is 0 Å². The monoisotopic (exact) mass is 359 g/mol. The molecular weight excluding hydrogens is 334 g/mol. The number of methoxy groups -OCH3 is 1. The lowest BCUT2D eigenvalue weighted by Crippen LogP contribution is -2.49. The third kappa shape index (κ3) is 3.38. The Morgan fingerprint density at radius 1 is 1.08 bits per heavy atom. The van der Waals surface area contributed by atoms with Crippen molar-refractivity contribution in [1.29, 1.82) is 0 Å². The molecule has 1 N–H and O–H groups in total. The zero-order valence-corrected chi connectivity index (χ0v) is 15.3. The number of ether oxygens (including phenoxy) is 1. The Hall–Kier alpha value is -2.57. The molecule has 0 bridgehead atoms. The number of rotatable bonds is 6. The van der Waals surface area contributed by atoms with Crippen LogP contribution in [0.3, 0.4) is 0 Å². The molecule has 1 aromatic carbocycles. The number of carbonyl (C=O) groups excluding carboxylic acids is 3. The highest BCUT2D eigenvalue weighted by atomic mass is 16.5. The van der Waals surface area contributed by atoms with Gasteiger partial charge in [0.15, 0.2) is 0 Å². The van der Waals surface area contributed by atoms with Crippen LogP contribution in [0.25, 0.3) is 0 Å². The maximum atomic E-state index is 13.2. The summed E-state index contributed by atoms with van der Waals surface area (Å²) in [6, 6.07) is 7.58. The van der Waals surface area contributed by atoms with Gasteiger partial charge in [-0.1, -0.05) is 12.1 Å². The smallest absolute Gasteiger partial charge is 0.251 e. The molecule has 3 rings (SSSR count). The van der Waals surface area contributed by atoms with E-state index < -0.39 is 5.41 Å². The van der Waals surface area contributed by atoms with Crippen molar-refractivity contribution in [3.8, 4) is 5.75 Å². The maximum absolute atomic E-state index is 13.2. The normalized spacial score (nSPS) is 17.8. The van der Waals surface area contributed by atoms with Crippen molar-refractivity contribution in [2.45, 2.75) is 37.5 Å². The molecule has 1 aliphatic carbocycles. The van der Waals surface area contributed by atoms with Gasteiger partial charge in [-0.15, -0.1) is 0 Å². The van der Waals surface area contributed by atoms with Gasteiger partial charge in [-0.25, -0.2) is 0 Å². The molecule has 2 fully saturated rings. The molecule has 0 radical (unpaired) electrons. The Morgan fingerprint density at radius 2 is 1.73 bits per heavy atom. The fourth-order valence-electron chi connectivity index (χ4n) is 3.46. The Labute approximate surface area is 153 Å². The maximum Gasteiger partial charge on any atom is 0.251 e. The lowest BCUT2D eigenvalue weighted by atomic mass is 9.94. The van der Waals surface area contributed by atoms with E-state index in [1.807, 2.05) is 24.3 Å². The predicted octanol–water partition coefficient (Wildman–Crippen LogP) is 1.23. The molecule has 0 atom stereocenters. The molecular formula is C19H25N3O4. The van der Waals surface area contributed by atoms with Crippen LogP contribution in [0.1, 0.15) is 37.7 Å². The van der Waals surface area contributed by atoms with E-state index in [-0.39, 0.29) is 30.6 Å². The topological polar surface area (TPSA) is 79.0 Å². The molecule has 3 amide bonds. The Bertz CT molecular complexity index is 697. The summed E-state index contributed by atoms with van der Waals surface area (Å²) in [4.78, 5) is 37.1. The number of nitrogens with zero attached hydrogens (tertiary/aromatic N) is 2. The highest BCUT2D eigenvalue weighted by Gasteiger charge is 2.54. The van der Waals surface area contributed by atoms with Crippen molar-refractivity contribution in [3.05, 3.63) is 29.8 Å². The average molecular weight is 359 g/mol. The van der Waals surface area contributed by atoms with Crippen molar-refractivity contribution >= 4 is 17.7 Å². The quantitative estimate of drug-likeness (QED) is 0.829. The molecule has 0 spiro atoms. The first-order chi connectivity index (χ1) is 12.5. The standard InChI is InChI=1S/C19H25N3O4/c1-20-16(23)8-9-17(24)21-12-3-13-22(21)18(25)19(10-11-19)14-4-6-15(26-2)7-5-14/h4-7H,3,8-13H2,1-2H3,(H,20,23). The largest absolute Gasteiger partial charge is 0.497 e. The van der Waals surface area contributed by atoms with E-state index in [9.17, 15) is 14.4 Å². The van der Waals surface area contributed by atoms with Crippen LogP contribution in [-0.2, 0) is 19.8 Å². The van der Waals surface area contributed by atoms with E-state index in [4.69, 9.17) is 4.74 Å². The van der Waals surface area contributed by atoms with E-state index >= 15 is 0 Å². The molecule has 7 heteroatoms. The number of hydrazine groups is 1. The number of nitrogens with one attached hydrogen (secondary N) is 1. The minimum atomic E-state index is -0.532. The lowest BCUT2D eigenvalue weighted by molar-refractivity contribution is -0.159. The van der Waals surface area contributed by atoms with Gasteiger partial charge < -0.3 is 10.1 Å². The number of hydrogen-bond acceptors (Lipinski definition) is 4. The Morgan fingerprint density at radius 3 is 2.31 bits per heavy atom. The molecule has 26 heavy (non-hydrogen) atoms. The number of amides is 3. The van der Waals surface area contributed by atoms with E-state index in [0.717, 1.165) is 30.6 Å². The second-order valence-electron chi connectivity index (χ2n) is 6.78. The van der Waals surface area contributed by atoms with E-state index in [1.165, 1.54) is 5.01 Å². The first kappa shape index (κ1) is 18.2. The van der Waals surface area contributed by atoms with Gasteiger partial charge in [0, 0.05) is 33.0 Å². The molecule has 1 saturated carbocycles. The molecule has 140 valence electrons. The van der Waals surface area contributed by atoms with Gasteiger partial charge in [0.2, 0.25) is 11.8 Å². The zero-order valence-electron chi connectivity index (χ0n) is 15.3. The summed E-state index contributed by atoms with van der Waals surface area (Å²) < 4.78 is 5.19. The molecule has 2 aliphatic rings. The summed E-state index contributed by atoms with van der Waals surface area (Å²) in [7, 11) is 3.16. The highest BCUT2D eigenvalue weighted by molar-refractivity contribution is 5.93. The van der Waals surface area contributed by atoms with Crippen molar-refractivity contribution < 1.29 is 19.1 Å². The first-order valence-electron chi connectivity index (χ1n) is 8.99. The second-order valence-corrected chi connectivity index (χ2v) is 6.78. The lowest BCUT2D eigenvalue weighted by Gasteiger charge is -2.31. The van der Waals surface area contributed by atoms with Gasteiger partial charge in [0.25, 0.3) is 5.91 Å². The van der Waals surface area contributed by atoms with E-state index in [0.29, 0.717) is 13.1 Å². The van der Waals surface area contributed by atoms with Crippen molar-refractivity contribution in [2.24, 2.45) is 0 Å². The third-order valence-corrected chi connectivity index (χ3v) is 5.20. The Kier molecular flexibility index (Phi) is 5.15. The summed E-state index contributed by atoms with van der Waals surface area (Å²) in [5.41, 5.74) is 0.434. The third-order valence-electron chi connectivity index (χ3n) is 5.20. The van der Waals surface area contributed by atoms with Crippen molar-refractivity contribution in [3.63, 3.8) is 0 Å². The van der Waals surface area contributed by atoms with Crippen LogP contribution < -0.4 is 10.1 Å². The summed E-state index contributed by atoms with van der Waals surface area (Å²) in [6.45, 7) is 1.07. The van der Waals surface area contributed by atoms with E-state index in [2.05, 4.69) is 5.32 Å². The van der Waals surface area contributed by atoms with Crippen LogP contribution in [0.2, 0.25) is 0 Å². The fourth-order valence-corrected chi connectivity index (χ4v) is 3.46. The molecule has 0 aromatic heterocycles. The first-order valence-corrected chi connectivity index (χ1v) is 8.99. The van der Waals surface area contributed by atoms with Gasteiger partial charge in [0.1, 0.15) is 5.75 Å². The zero-order chi connectivity index (χ0) is 18.7. The van der Waals surface area contributed by atoms with Crippen molar-refractivity contribution in [1.82, 2.24) is 15.3 Å². The van der Waals surface area contributed by atoms with Crippen LogP contribution in [0.4, 0.5) is 0 Å². The molecule has 7 nitrogen and oxygen atoms in total. The van der Waals surface area contributed by atoms with Gasteiger partial charge in [-0.2, -0.15) is 0 Å². The highest BCUT2D eigenvalue weighted by Crippen LogP contribution is 2.50. The van der Waals surface area contributed by atoms with Crippen LogP contribution in [0, 0.1) is 0 Å². The number of benzene rings is 1. The SMILES string of the molecule is CNC(=O)CCC(=O)N1CCCN1C(=O)C1(c2ccc(OC)cc2)CC1. The molecule has 1 heterocycles. The summed E-state index contributed by atoms with van der Waals surface area (Å²) >= 11 is 0. The van der Waals surface area contributed by atoms with Crippen LogP contribution in [0.15, 0.2) is 24.3 Å². The fraction of sp³-hybridized carbons (Fsp3) is 0.526. The summed E-state index contributed by atoms with van der Waals surface area (Å²) in [5, 5.41) is 5.62. The molecule has 0 unspecified atom stereocenters. The van der Waals surface area contributed by atoms with E-state index in [1.54, 1.807) is 19.2 Å². The average Bonchev–Trinajstić information content (AvgIpc) is 3.34. The molecule has 1 aliphatic heterocycles. The minimum Gasteiger partial charge on any atom is -0.497 e. The van der Waals surface area contributed by atoms with Crippen LogP contribution in [-0.4, -0.2) is 55.0 Å². The Balaban J connectivity index is 1.71. The minimum absolute atomic E-state index is 0.0199.